The number of aromatic nitrogens is 1. The minimum Gasteiger partial charge on any atom is -0.473 e. The molecule has 1 N–H and O–H groups in total. The number of ether oxygens (including phenoxy) is 1. The molecule has 0 fully saturated rings. The Kier molecular flexibility index (Phi) is 5.26. The molecule has 0 atom stereocenters. The van der Waals surface area contributed by atoms with Gasteiger partial charge in [-0.1, -0.05) is 17.7 Å². The zero-order chi connectivity index (χ0) is 14.5. The summed E-state index contributed by atoms with van der Waals surface area (Å²) in [5.74, 6) is 0.621. The predicted octanol–water partition coefficient (Wildman–Crippen LogP) is 4.90. The van der Waals surface area contributed by atoms with E-state index in [2.05, 4.69) is 26.2 Å². The van der Waals surface area contributed by atoms with Gasteiger partial charge in [-0.25, -0.2) is 4.98 Å². The van der Waals surface area contributed by atoms with Gasteiger partial charge in [0.1, 0.15) is 0 Å². The highest BCUT2D eigenvalue weighted by molar-refractivity contribution is 9.10. The molecule has 0 bridgehead atoms. The number of nitrogens with one attached hydrogen (secondary N) is 1. The van der Waals surface area contributed by atoms with Crippen molar-refractivity contribution in [2.75, 3.05) is 5.32 Å². The normalized spacial score (nSPS) is 10.7. The Labute approximate surface area is 132 Å². The molecule has 0 saturated heterocycles. The maximum absolute atomic E-state index is 5.98. The standard InChI is InChI=1S/C15H16BrClN2O/c1-10(2)20-15-14(4-3-7-18-15)19-9-11-5-6-13(17)12(16)8-11/h3-8,10,19H,9H2,1-2H3. The molecule has 20 heavy (non-hydrogen) atoms. The molecule has 5 heteroatoms. The molecule has 0 radical (unpaired) electrons. The lowest BCUT2D eigenvalue weighted by molar-refractivity contribution is 0.234. The quantitative estimate of drug-likeness (QED) is 0.828. The van der Waals surface area contributed by atoms with Crippen LogP contribution in [0, 0.1) is 0 Å². The average molecular weight is 356 g/mol. The number of pyridine rings is 1. The zero-order valence-corrected chi connectivity index (χ0v) is 13.7. The van der Waals surface area contributed by atoms with E-state index in [1.54, 1.807) is 6.20 Å². The second kappa shape index (κ2) is 6.95. The highest BCUT2D eigenvalue weighted by Gasteiger charge is 2.06. The maximum atomic E-state index is 5.98. The smallest absolute Gasteiger partial charge is 0.237 e. The average Bonchev–Trinajstić information content (AvgIpc) is 2.41. The fourth-order valence-corrected chi connectivity index (χ4v) is 2.23. The van der Waals surface area contributed by atoms with Crippen LogP contribution in [0.5, 0.6) is 5.88 Å². The van der Waals surface area contributed by atoms with Crippen LogP contribution >= 0.6 is 27.5 Å². The molecule has 0 amide bonds. The molecule has 1 heterocycles. The van der Waals surface area contributed by atoms with Gasteiger partial charge >= 0.3 is 0 Å². The molecule has 2 rings (SSSR count). The number of nitrogens with zero attached hydrogens (tertiary/aromatic N) is 1. The van der Waals surface area contributed by atoms with E-state index in [0.29, 0.717) is 17.4 Å². The second-order valence-corrected chi connectivity index (χ2v) is 5.89. The van der Waals surface area contributed by atoms with Crippen molar-refractivity contribution in [3.05, 3.63) is 51.6 Å². The van der Waals surface area contributed by atoms with Crippen LogP contribution in [0.15, 0.2) is 41.0 Å². The van der Waals surface area contributed by atoms with Crippen LogP contribution in [0.2, 0.25) is 5.02 Å². The molecule has 1 aromatic carbocycles. The Morgan fingerprint density at radius 3 is 2.85 bits per heavy atom. The van der Waals surface area contributed by atoms with Crippen molar-refractivity contribution >= 4 is 33.2 Å². The Bertz CT molecular complexity index is 590. The summed E-state index contributed by atoms with van der Waals surface area (Å²) in [6.45, 7) is 4.64. The Morgan fingerprint density at radius 2 is 2.15 bits per heavy atom. The van der Waals surface area contributed by atoms with Crippen molar-refractivity contribution in [2.45, 2.75) is 26.5 Å². The molecule has 0 spiro atoms. The lowest BCUT2D eigenvalue weighted by Gasteiger charge is -2.14. The highest BCUT2D eigenvalue weighted by atomic mass is 79.9. The van der Waals surface area contributed by atoms with Gasteiger partial charge in [0, 0.05) is 17.2 Å². The first-order valence-corrected chi connectivity index (χ1v) is 7.53. The van der Waals surface area contributed by atoms with E-state index in [9.17, 15) is 0 Å². The van der Waals surface area contributed by atoms with Crippen LogP contribution in [0.3, 0.4) is 0 Å². The van der Waals surface area contributed by atoms with E-state index in [1.165, 1.54) is 0 Å². The van der Waals surface area contributed by atoms with Crippen molar-refractivity contribution in [1.82, 2.24) is 4.98 Å². The van der Waals surface area contributed by atoms with Crippen molar-refractivity contribution in [2.24, 2.45) is 0 Å². The largest absolute Gasteiger partial charge is 0.473 e. The Hall–Kier alpha value is -1.26. The zero-order valence-electron chi connectivity index (χ0n) is 11.4. The molecule has 0 aliphatic heterocycles. The van der Waals surface area contributed by atoms with E-state index in [-0.39, 0.29) is 6.10 Å². The predicted molar refractivity (Wildman–Crippen MR) is 86.5 cm³/mol. The third-order valence-electron chi connectivity index (χ3n) is 2.59. The van der Waals surface area contributed by atoms with Gasteiger partial charge in [-0.15, -0.1) is 0 Å². The summed E-state index contributed by atoms with van der Waals surface area (Å²) < 4.78 is 6.56. The van der Waals surface area contributed by atoms with Gasteiger partial charge in [0.25, 0.3) is 0 Å². The van der Waals surface area contributed by atoms with Crippen LogP contribution in [-0.2, 0) is 6.54 Å². The number of anilines is 1. The molecule has 2 aromatic rings. The summed E-state index contributed by atoms with van der Waals surface area (Å²) in [5.41, 5.74) is 2.01. The molecule has 0 aliphatic rings. The molecule has 0 saturated carbocycles. The topological polar surface area (TPSA) is 34.1 Å². The Balaban J connectivity index is 2.08. The molecule has 1 aromatic heterocycles. The minimum atomic E-state index is 0.0927. The van der Waals surface area contributed by atoms with E-state index in [4.69, 9.17) is 16.3 Å². The highest BCUT2D eigenvalue weighted by Crippen LogP contribution is 2.25. The van der Waals surface area contributed by atoms with Gasteiger partial charge < -0.3 is 10.1 Å². The van der Waals surface area contributed by atoms with Gasteiger partial charge in [0.05, 0.1) is 16.8 Å². The van der Waals surface area contributed by atoms with Gasteiger partial charge in [0.2, 0.25) is 5.88 Å². The van der Waals surface area contributed by atoms with E-state index in [1.807, 2.05) is 44.2 Å². The maximum Gasteiger partial charge on any atom is 0.237 e. The van der Waals surface area contributed by atoms with Crippen LogP contribution in [0.4, 0.5) is 5.69 Å². The summed E-state index contributed by atoms with van der Waals surface area (Å²) in [5, 5.41) is 4.04. The van der Waals surface area contributed by atoms with Crippen molar-refractivity contribution in [3.63, 3.8) is 0 Å². The molecular weight excluding hydrogens is 340 g/mol. The third-order valence-corrected chi connectivity index (χ3v) is 3.80. The minimum absolute atomic E-state index is 0.0927. The number of halogens is 2. The van der Waals surface area contributed by atoms with Gasteiger partial charge in [-0.3, -0.25) is 0 Å². The first-order valence-electron chi connectivity index (χ1n) is 6.35. The molecule has 3 nitrogen and oxygen atoms in total. The summed E-state index contributed by atoms with van der Waals surface area (Å²) in [6.07, 6.45) is 1.82. The fourth-order valence-electron chi connectivity index (χ4n) is 1.69. The van der Waals surface area contributed by atoms with E-state index >= 15 is 0 Å². The van der Waals surface area contributed by atoms with Crippen molar-refractivity contribution < 1.29 is 4.74 Å². The van der Waals surface area contributed by atoms with Crippen molar-refractivity contribution in [1.29, 1.82) is 0 Å². The van der Waals surface area contributed by atoms with E-state index in [0.717, 1.165) is 15.7 Å². The lowest BCUT2D eigenvalue weighted by Crippen LogP contribution is -2.10. The summed E-state index contributed by atoms with van der Waals surface area (Å²) in [6, 6.07) is 9.69. The fraction of sp³-hybridized carbons (Fsp3) is 0.267. The van der Waals surface area contributed by atoms with Crippen molar-refractivity contribution in [3.8, 4) is 5.88 Å². The summed E-state index contributed by atoms with van der Waals surface area (Å²) >= 11 is 9.41. The van der Waals surface area contributed by atoms with Crippen LogP contribution < -0.4 is 10.1 Å². The lowest BCUT2D eigenvalue weighted by atomic mass is 10.2. The Morgan fingerprint density at radius 1 is 1.35 bits per heavy atom. The van der Waals surface area contributed by atoms with Crippen LogP contribution in [-0.4, -0.2) is 11.1 Å². The summed E-state index contributed by atoms with van der Waals surface area (Å²) in [4.78, 5) is 4.25. The van der Waals surface area contributed by atoms with Crippen LogP contribution in [0.1, 0.15) is 19.4 Å². The van der Waals surface area contributed by atoms with Gasteiger partial charge in [-0.2, -0.15) is 0 Å². The van der Waals surface area contributed by atoms with Gasteiger partial charge in [-0.05, 0) is 59.6 Å². The molecular formula is C15H16BrClN2O. The monoisotopic (exact) mass is 354 g/mol. The van der Waals surface area contributed by atoms with E-state index < -0.39 is 0 Å². The second-order valence-electron chi connectivity index (χ2n) is 4.62. The number of hydrogen-bond donors (Lipinski definition) is 1. The van der Waals surface area contributed by atoms with Crippen LogP contribution in [0.25, 0.3) is 0 Å². The first kappa shape index (κ1) is 15.1. The molecule has 0 unspecified atom stereocenters. The third kappa shape index (κ3) is 4.12. The summed E-state index contributed by atoms with van der Waals surface area (Å²) in [7, 11) is 0. The molecule has 0 aliphatic carbocycles. The van der Waals surface area contributed by atoms with Gasteiger partial charge in [0.15, 0.2) is 0 Å². The number of rotatable bonds is 5. The SMILES string of the molecule is CC(C)Oc1ncccc1NCc1ccc(Cl)c(Br)c1. The first-order chi connectivity index (χ1) is 9.56. The molecule has 106 valence electrons. The number of benzene rings is 1. The number of hydrogen-bond acceptors (Lipinski definition) is 3.